The van der Waals surface area contributed by atoms with Crippen LogP contribution in [0.3, 0.4) is 0 Å². The number of amides is 1. The molecule has 2 N–H and O–H groups in total. The molecule has 7 heteroatoms. The molecule has 0 fully saturated rings. The summed E-state index contributed by atoms with van der Waals surface area (Å²) in [6.45, 7) is 13.4. The second kappa shape index (κ2) is 18.0. The van der Waals surface area contributed by atoms with E-state index in [2.05, 4.69) is 18.6 Å². The van der Waals surface area contributed by atoms with Crippen LogP contribution >= 0.6 is 0 Å². The predicted octanol–water partition coefficient (Wildman–Crippen LogP) is 8.86. The third-order valence-electron chi connectivity index (χ3n) is 7.35. The third kappa shape index (κ3) is 11.1. The molecule has 1 atom stereocenters. The van der Waals surface area contributed by atoms with Gasteiger partial charge in [0, 0.05) is 13.1 Å². The number of hydrogen-bond acceptors (Lipinski definition) is 4. The lowest BCUT2D eigenvalue weighted by atomic mass is 10.1. The Morgan fingerprint density at radius 3 is 1.80 bits per heavy atom. The molecule has 224 valence electrons. The maximum absolute atomic E-state index is 13.7. The molecule has 0 saturated heterocycles. The van der Waals surface area contributed by atoms with Crippen LogP contribution in [0.1, 0.15) is 124 Å². The number of anilines is 1. The highest BCUT2D eigenvalue weighted by molar-refractivity contribution is 7.82. The Balaban J connectivity index is 2.14. The van der Waals surface area contributed by atoms with Gasteiger partial charge in [0.15, 0.2) is 0 Å². The highest BCUT2D eigenvalue weighted by atomic mass is 32.2. The Morgan fingerprint density at radius 1 is 0.775 bits per heavy atom. The summed E-state index contributed by atoms with van der Waals surface area (Å²) in [5, 5.41) is 10.9. The van der Waals surface area contributed by atoms with Gasteiger partial charge in [0.2, 0.25) is 0 Å². The Labute approximate surface area is 245 Å². The fourth-order valence-electron chi connectivity index (χ4n) is 5.14. The van der Waals surface area contributed by atoms with Crippen molar-refractivity contribution in [2.75, 3.05) is 17.8 Å². The van der Waals surface area contributed by atoms with E-state index in [1.54, 1.807) is 19.1 Å². The van der Waals surface area contributed by atoms with Crippen molar-refractivity contribution in [3.05, 3.63) is 52.1 Å². The fourth-order valence-corrected chi connectivity index (χ4v) is 5.91. The Hall–Kier alpha value is -2.54. The van der Waals surface area contributed by atoms with Gasteiger partial charge < -0.3 is 14.2 Å². The number of phenols is 1. The first kappa shape index (κ1) is 33.7. The minimum absolute atomic E-state index is 0.0247. The quantitative estimate of drug-likeness (QED) is 0.130. The van der Waals surface area contributed by atoms with Crippen molar-refractivity contribution in [3.8, 4) is 11.5 Å². The van der Waals surface area contributed by atoms with Gasteiger partial charge in [0.05, 0.1) is 11.3 Å². The zero-order valence-corrected chi connectivity index (χ0v) is 26.6. The van der Waals surface area contributed by atoms with Gasteiger partial charge in [0.25, 0.3) is 5.91 Å². The smallest absolute Gasteiger partial charge is 0.316 e. The molecule has 0 radical (unpaired) electrons. The zero-order valence-electron chi connectivity index (χ0n) is 25.7. The number of hydrogen-bond donors (Lipinski definition) is 2. The van der Waals surface area contributed by atoms with E-state index >= 15 is 0 Å². The van der Waals surface area contributed by atoms with E-state index in [-0.39, 0.29) is 17.2 Å². The van der Waals surface area contributed by atoms with Crippen LogP contribution in [-0.4, -0.2) is 33.2 Å². The number of rotatable bonds is 19. The summed E-state index contributed by atoms with van der Waals surface area (Å²) in [4.78, 5) is 15.6. The summed E-state index contributed by atoms with van der Waals surface area (Å²) >= 11 is -1.87. The number of phenolic OH excluding ortho intramolecular Hbond substituents is 1. The average Bonchev–Trinajstić information content (AvgIpc) is 2.90. The largest absolute Gasteiger partial charge is 0.507 e. The van der Waals surface area contributed by atoms with Crippen molar-refractivity contribution < 1.29 is 18.3 Å². The van der Waals surface area contributed by atoms with Crippen LogP contribution in [0.4, 0.5) is 5.69 Å². The van der Waals surface area contributed by atoms with Crippen LogP contribution in [0, 0.1) is 27.7 Å². The van der Waals surface area contributed by atoms with Crippen molar-refractivity contribution >= 4 is 22.9 Å². The summed E-state index contributed by atoms with van der Waals surface area (Å²) in [5.74, 6) is 0.374. The first-order valence-electron chi connectivity index (χ1n) is 15.2. The predicted molar refractivity (Wildman–Crippen MR) is 169 cm³/mol. The van der Waals surface area contributed by atoms with Crippen LogP contribution in [0.5, 0.6) is 11.5 Å². The summed E-state index contributed by atoms with van der Waals surface area (Å²) in [7, 11) is 0. The zero-order chi connectivity index (χ0) is 29.5. The van der Waals surface area contributed by atoms with E-state index in [0.29, 0.717) is 30.1 Å². The van der Waals surface area contributed by atoms with Crippen molar-refractivity contribution in [2.45, 2.75) is 119 Å². The van der Waals surface area contributed by atoms with Crippen LogP contribution in [0.2, 0.25) is 0 Å². The van der Waals surface area contributed by atoms with Gasteiger partial charge in [-0.3, -0.25) is 9.52 Å². The van der Waals surface area contributed by atoms with Gasteiger partial charge >= 0.3 is 11.3 Å². The van der Waals surface area contributed by atoms with E-state index in [0.717, 1.165) is 42.4 Å². The number of aromatic hydroxyl groups is 1. The maximum Gasteiger partial charge on any atom is 0.316 e. The average molecular weight is 573 g/mol. The fraction of sp³-hybridized carbons (Fsp3) is 0.606. The Kier molecular flexibility index (Phi) is 15.2. The second-order valence-corrected chi connectivity index (χ2v) is 12.0. The van der Waals surface area contributed by atoms with Crippen LogP contribution in [0.25, 0.3) is 0 Å². The van der Waals surface area contributed by atoms with Gasteiger partial charge in [0.1, 0.15) is 11.5 Å². The molecule has 0 aliphatic rings. The topological polar surface area (TPSA) is 78.9 Å². The molecule has 0 spiro atoms. The molecule has 2 rings (SSSR count). The number of aryl methyl sites for hydroxylation is 4. The number of nitrogens with one attached hydrogen (secondary N) is 1. The number of carbonyl (C=O) groups is 1. The van der Waals surface area contributed by atoms with Crippen molar-refractivity contribution in [1.82, 2.24) is 4.90 Å². The standard InChI is InChI=1S/C33H52N2O4S/c1-7-9-11-13-15-17-19-35(20-18-16-14-12-10-8-2)33(37)30-24-29(23-26(4)31(30)36)34-40(38)39-32-27(5)21-25(3)22-28(32)6/h21-24,34,36H,7-20H2,1-6H3. The lowest BCUT2D eigenvalue weighted by molar-refractivity contribution is 0.0746. The van der Waals surface area contributed by atoms with E-state index in [9.17, 15) is 14.1 Å². The van der Waals surface area contributed by atoms with Gasteiger partial charge in [-0.2, -0.15) is 4.21 Å². The molecule has 2 aromatic rings. The molecular formula is C33H52N2O4S. The van der Waals surface area contributed by atoms with E-state index < -0.39 is 11.3 Å². The number of unbranched alkanes of at least 4 members (excludes halogenated alkanes) is 10. The molecule has 2 aromatic carbocycles. The minimum Gasteiger partial charge on any atom is -0.507 e. The second-order valence-electron chi connectivity index (χ2n) is 11.2. The molecular weight excluding hydrogens is 520 g/mol. The number of carbonyl (C=O) groups excluding carboxylic acids is 1. The number of benzene rings is 2. The number of nitrogens with zero attached hydrogens (tertiary/aromatic N) is 1. The molecule has 0 heterocycles. The molecule has 0 aromatic heterocycles. The summed E-state index contributed by atoms with van der Waals surface area (Å²) in [5.41, 5.74) is 4.19. The maximum atomic E-state index is 13.7. The first-order valence-corrected chi connectivity index (χ1v) is 16.3. The van der Waals surface area contributed by atoms with Gasteiger partial charge in [-0.15, -0.1) is 0 Å². The van der Waals surface area contributed by atoms with Crippen LogP contribution in [-0.2, 0) is 11.3 Å². The molecule has 1 amide bonds. The summed E-state index contributed by atoms with van der Waals surface area (Å²) < 4.78 is 21.5. The Bertz CT molecular complexity index is 1060. The van der Waals surface area contributed by atoms with Crippen LogP contribution in [0.15, 0.2) is 24.3 Å². The lowest BCUT2D eigenvalue weighted by Crippen LogP contribution is -2.33. The van der Waals surface area contributed by atoms with Gasteiger partial charge in [-0.1, -0.05) is 95.8 Å². The van der Waals surface area contributed by atoms with Crippen molar-refractivity contribution in [3.63, 3.8) is 0 Å². The van der Waals surface area contributed by atoms with E-state index in [1.165, 1.54) is 51.4 Å². The van der Waals surface area contributed by atoms with Gasteiger partial charge in [-0.05, 0) is 69.4 Å². The minimum atomic E-state index is -1.87. The van der Waals surface area contributed by atoms with Crippen molar-refractivity contribution in [1.29, 1.82) is 0 Å². The SMILES string of the molecule is CCCCCCCCN(CCCCCCCC)C(=O)c1cc(NS(=O)Oc2c(C)cc(C)cc2C)cc(C)c1O. The third-order valence-corrected chi connectivity index (χ3v) is 8.07. The summed E-state index contributed by atoms with van der Waals surface area (Å²) in [6, 6.07) is 7.26. The van der Waals surface area contributed by atoms with E-state index in [4.69, 9.17) is 4.18 Å². The molecule has 40 heavy (non-hydrogen) atoms. The Morgan fingerprint density at radius 2 is 1.27 bits per heavy atom. The molecule has 1 unspecified atom stereocenters. The molecule has 0 aliphatic carbocycles. The highest BCUT2D eigenvalue weighted by Gasteiger charge is 2.21. The van der Waals surface area contributed by atoms with Gasteiger partial charge in [-0.25, -0.2) is 0 Å². The van der Waals surface area contributed by atoms with E-state index in [1.807, 2.05) is 37.8 Å². The van der Waals surface area contributed by atoms with Crippen molar-refractivity contribution in [2.24, 2.45) is 0 Å². The monoisotopic (exact) mass is 572 g/mol. The molecule has 0 bridgehead atoms. The first-order chi connectivity index (χ1) is 19.2. The summed E-state index contributed by atoms with van der Waals surface area (Å²) in [6.07, 6.45) is 13.9. The highest BCUT2D eigenvalue weighted by Crippen LogP contribution is 2.30. The van der Waals surface area contributed by atoms with Crippen LogP contribution < -0.4 is 8.91 Å². The molecule has 0 aliphatic heterocycles. The molecule has 0 saturated carbocycles. The normalized spacial score (nSPS) is 11.8. The lowest BCUT2D eigenvalue weighted by Gasteiger charge is -2.24. The molecule has 6 nitrogen and oxygen atoms in total.